The molecule has 3 rings (SSSR count). The highest BCUT2D eigenvalue weighted by Crippen LogP contribution is 2.29. The van der Waals surface area contributed by atoms with Gasteiger partial charge in [-0.15, -0.1) is 0 Å². The van der Waals surface area contributed by atoms with Crippen molar-refractivity contribution in [1.82, 2.24) is 15.2 Å². The van der Waals surface area contributed by atoms with Crippen molar-refractivity contribution < 1.29 is 9.59 Å². The number of imide groups is 1. The molecule has 0 saturated carbocycles. The van der Waals surface area contributed by atoms with Crippen molar-refractivity contribution in [1.29, 1.82) is 0 Å². The molecule has 1 aromatic heterocycles. The fourth-order valence-corrected chi connectivity index (χ4v) is 3.10. The van der Waals surface area contributed by atoms with Crippen LogP contribution in [0.2, 0.25) is 10.0 Å². The van der Waals surface area contributed by atoms with Gasteiger partial charge in [0.15, 0.2) is 0 Å². The topological polar surface area (TPSA) is 63.1 Å². The molecule has 0 bridgehead atoms. The lowest BCUT2D eigenvalue weighted by atomic mass is 10.2. The summed E-state index contributed by atoms with van der Waals surface area (Å²) in [6.07, 6.45) is 1.64. The molecule has 1 aliphatic heterocycles. The summed E-state index contributed by atoms with van der Waals surface area (Å²) in [5, 5.41) is 5.75. The first-order valence-electron chi connectivity index (χ1n) is 6.85. The predicted octanol–water partition coefficient (Wildman–Crippen LogP) is 3.58. The van der Waals surface area contributed by atoms with Gasteiger partial charge >= 0.3 is 6.03 Å². The van der Waals surface area contributed by atoms with Crippen LogP contribution in [0.3, 0.4) is 0 Å². The summed E-state index contributed by atoms with van der Waals surface area (Å²) >= 11 is 12.2. The molecule has 1 fully saturated rings. The van der Waals surface area contributed by atoms with E-state index in [1.165, 1.54) is 0 Å². The number of rotatable bonds is 2. The number of carbonyl (C=O) groups is 2. The van der Waals surface area contributed by atoms with E-state index < -0.39 is 11.9 Å². The maximum Gasteiger partial charge on any atom is 0.326 e. The van der Waals surface area contributed by atoms with Gasteiger partial charge in [0.2, 0.25) is 0 Å². The number of hydrogen-bond donors (Lipinski definition) is 2. The van der Waals surface area contributed by atoms with Crippen molar-refractivity contribution in [3.8, 4) is 5.69 Å². The van der Waals surface area contributed by atoms with E-state index in [0.29, 0.717) is 10.0 Å². The van der Waals surface area contributed by atoms with Crippen LogP contribution in [0, 0.1) is 13.8 Å². The number of aryl methyl sites for hydroxylation is 1. The minimum Gasteiger partial charge on any atom is -0.316 e. The molecule has 118 valence electrons. The Labute approximate surface area is 142 Å². The van der Waals surface area contributed by atoms with Gasteiger partial charge in [-0.1, -0.05) is 23.2 Å². The van der Waals surface area contributed by atoms with Gasteiger partial charge in [-0.05, 0) is 49.8 Å². The number of nitrogens with zero attached hydrogens (tertiary/aromatic N) is 1. The predicted molar refractivity (Wildman–Crippen MR) is 89.9 cm³/mol. The molecule has 5 nitrogen and oxygen atoms in total. The zero-order chi connectivity index (χ0) is 16.7. The Balaban J connectivity index is 2.08. The Hall–Kier alpha value is -2.24. The molecule has 0 unspecified atom stereocenters. The highest BCUT2D eigenvalue weighted by Gasteiger charge is 2.23. The lowest BCUT2D eigenvalue weighted by Crippen LogP contribution is -2.22. The molecule has 0 spiro atoms. The minimum atomic E-state index is -0.518. The number of urea groups is 1. The average Bonchev–Trinajstić information content (AvgIpc) is 2.91. The molecule has 2 heterocycles. The van der Waals surface area contributed by atoms with E-state index in [-0.39, 0.29) is 5.70 Å². The first kappa shape index (κ1) is 15.6. The lowest BCUT2D eigenvalue weighted by Gasteiger charge is -2.12. The summed E-state index contributed by atoms with van der Waals surface area (Å²) in [7, 11) is 0. The number of hydrogen-bond acceptors (Lipinski definition) is 2. The first-order chi connectivity index (χ1) is 10.9. The SMILES string of the molecule is Cc1cc(/C=C2\NC(=O)NC2=O)c(C)n1-c1ccc(Cl)cc1Cl. The second-order valence-corrected chi connectivity index (χ2v) is 6.07. The Morgan fingerprint density at radius 1 is 1.09 bits per heavy atom. The Bertz CT molecular complexity index is 868. The second kappa shape index (κ2) is 5.76. The van der Waals surface area contributed by atoms with Crippen LogP contribution in [-0.2, 0) is 4.79 Å². The van der Waals surface area contributed by atoms with Crippen LogP contribution in [0.1, 0.15) is 17.0 Å². The van der Waals surface area contributed by atoms with Crippen LogP contribution >= 0.6 is 23.2 Å². The van der Waals surface area contributed by atoms with Gasteiger partial charge in [0.05, 0.1) is 10.7 Å². The number of amides is 3. The average molecular weight is 350 g/mol. The van der Waals surface area contributed by atoms with Crippen molar-refractivity contribution in [2.45, 2.75) is 13.8 Å². The molecular weight excluding hydrogens is 337 g/mol. The van der Waals surface area contributed by atoms with Crippen LogP contribution in [-0.4, -0.2) is 16.5 Å². The summed E-state index contributed by atoms with van der Waals surface area (Å²) in [5.41, 5.74) is 3.69. The smallest absolute Gasteiger partial charge is 0.316 e. The Kier molecular flexibility index (Phi) is 3.92. The van der Waals surface area contributed by atoms with Crippen LogP contribution < -0.4 is 10.6 Å². The molecule has 0 aliphatic carbocycles. The van der Waals surface area contributed by atoms with E-state index >= 15 is 0 Å². The molecule has 7 heteroatoms. The van der Waals surface area contributed by atoms with Crippen molar-refractivity contribution in [2.75, 3.05) is 0 Å². The molecule has 1 saturated heterocycles. The Morgan fingerprint density at radius 2 is 1.83 bits per heavy atom. The molecule has 1 aliphatic rings. The van der Waals surface area contributed by atoms with E-state index in [4.69, 9.17) is 23.2 Å². The zero-order valence-corrected chi connectivity index (χ0v) is 13.9. The Morgan fingerprint density at radius 3 is 2.43 bits per heavy atom. The van der Waals surface area contributed by atoms with Gasteiger partial charge in [0, 0.05) is 16.4 Å². The molecule has 23 heavy (non-hydrogen) atoms. The van der Waals surface area contributed by atoms with Gasteiger partial charge in [-0.25, -0.2) is 4.79 Å². The van der Waals surface area contributed by atoms with Crippen LogP contribution in [0.4, 0.5) is 4.79 Å². The third-order valence-corrected chi connectivity index (χ3v) is 4.18. The number of halogens is 2. The fourth-order valence-electron chi connectivity index (χ4n) is 2.60. The molecule has 1 aromatic carbocycles. The summed E-state index contributed by atoms with van der Waals surface area (Å²) in [5.74, 6) is -0.440. The van der Waals surface area contributed by atoms with Gasteiger partial charge in [0.25, 0.3) is 5.91 Å². The number of nitrogens with one attached hydrogen (secondary N) is 2. The van der Waals surface area contributed by atoms with E-state index in [0.717, 1.165) is 22.6 Å². The summed E-state index contributed by atoms with van der Waals surface area (Å²) in [6, 6.07) is 6.69. The molecular formula is C16H13Cl2N3O2. The molecule has 2 aromatic rings. The lowest BCUT2D eigenvalue weighted by molar-refractivity contribution is -0.115. The standard InChI is InChI=1S/C16H13Cl2N3O2/c1-8-5-10(6-13-15(22)20-16(23)19-13)9(2)21(8)14-4-3-11(17)7-12(14)18/h3-7H,1-2H3,(H2,19,20,22,23)/b13-6-. The van der Waals surface area contributed by atoms with E-state index in [1.807, 2.05) is 30.5 Å². The largest absolute Gasteiger partial charge is 0.326 e. The minimum absolute atomic E-state index is 0.220. The number of aromatic nitrogens is 1. The fraction of sp³-hybridized carbons (Fsp3) is 0.125. The zero-order valence-electron chi connectivity index (χ0n) is 12.4. The van der Waals surface area contributed by atoms with Gasteiger partial charge in [-0.2, -0.15) is 0 Å². The number of carbonyl (C=O) groups excluding carboxylic acids is 2. The molecule has 2 N–H and O–H groups in total. The molecule has 3 amide bonds. The van der Waals surface area contributed by atoms with Crippen LogP contribution in [0.5, 0.6) is 0 Å². The quantitative estimate of drug-likeness (QED) is 0.642. The molecule has 0 radical (unpaired) electrons. The second-order valence-electron chi connectivity index (χ2n) is 5.22. The maximum absolute atomic E-state index is 11.6. The van der Waals surface area contributed by atoms with Crippen molar-refractivity contribution in [3.05, 3.63) is 57.0 Å². The van der Waals surface area contributed by atoms with Gasteiger partial charge < -0.3 is 9.88 Å². The summed E-state index contributed by atoms with van der Waals surface area (Å²) < 4.78 is 1.97. The van der Waals surface area contributed by atoms with Gasteiger partial charge in [0.1, 0.15) is 5.70 Å². The monoisotopic (exact) mass is 349 g/mol. The first-order valence-corrected chi connectivity index (χ1v) is 7.61. The maximum atomic E-state index is 11.6. The molecule has 0 atom stereocenters. The third kappa shape index (κ3) is 2.85. The van der Waals surface area contributed by atoms with Crippen LogP contribution in [0.25, 0.3) is 11.8 Å². The third-order valence-electron chi connectivity index (χ3n) is 3.64. The van der Waals surface area contributed by atoms with Crippen LogP contribution in [0.15, 0.2) is 30.0 Å². The van der Waals surface area contributed by atoms with E-state index in [1.54, 1.807) is 18.2 Å². The van der Waals surface area contributed by atoms with Crippen molar-refractivity contribution in [3.63, 3.8) is 0 Å². The van der Waals surface area contributed by atoms with Crippen molar-refractivity contribution in [2.24, 2.45) is 0 Å². The van der Waals surface area contributed by atoms with E-state index in [2.05, 4.69) is 10.6 Å². The van der Waals surface area contributed by atoms with Gasteiger partial charge in [-0.3, -0.25) is 10.1 Å². The summed E-state index contributed by atoms with van der Waals surface area (Å²) in [6.45, 7) is 3.85. The highest BCUT2D eigenvalue weighted by atomic mass is 35.5. The summed E-state index contributed by atoms with van der Waals surface area (Å²) in [4.78, 5) is 22.8. The highest BCUT2D eigenvalue weighted by molar-refractivity contribution is 6.35. The normalized spacial score (nSPS) is 15.9. The number of benzene rings is 1. The van der Waals surface area contributed by atoms with Crippen molar-refractivity contribution >= 4 is 41.2 Å². The van der Waals surface area contributed by atoms with E-state index in [9.17, 15) is 9.59 Å².